The number of ether oxygens (including phenoxy) is 2. The van der Waals surface area contributed by atoms with E-state index in [1.807, 2.05) is 30.3 Å². The van der Waals surface area contributed by atoms with Crippen LogP contribution < -0.4 is 20.1 Å². The first kappa shape index (κ1) is 17.7. The first-order valence-corrected chi connectivity index (χ1v) is 8.44. The molecule has 0 atom stereocenters. The van der Waals surface area contributed by atoms with Crippen LogP contribution in [-0.4, -0.2) is 26.8 Å². The lowest BCUT2D eigenvalue weighted by atomic mass is 10.2. The third kappa shape index (κ3) is 4.27. The van der Waals surface area contributed by atoms with Crippen LogP contribution in [0.4, 0.5) is 10.5 Å². The zero-order valence-corrected chi connectivity index (χ0v) is 14.9. The lowest BCUT2D eigenvalue weighted by molar-refractivity contribution is 0.251. The number of anilines is 1. The number of hydrogen-bond acceptors (Lipinski definition) is 4. The van der Waals surface area contributed by atoms with Crippen LogP contribution in [0.2, 0.25) is 0 Å². The number of hydrogen-bond donors (Lipinski definition) is 2. The molecule has 6 nitrogen and oxygen atoms in total. The molecule has 26 heavy (non-hydrogen) atoms. The Morgan fingerprint density at radius 1 is 1.08 bits per heavy atom. The number of fused-ring (bicyclic) bond motifs is 1. The van der Waals surface area contributed by atoms with Crippen molar-refractivity contribution in [3.63, 3.8) is 0 Å². The molecule has 0 bridgehead atoms. The van der Waals surface area contributed by atoms with Crippen LogP contribution in [0.3, 0.4) is 0 Å². The van der Waals surface area contributed by atoms with Gasteiger partial charge in [-0.2, -0.15) is 0 Å². The van der Waals surface area contributed by atoms with E-state index < -0.39 is 0 Å². The van der Waals surface area contributed by atoms with E-state index in [0.717, 1.165) is 29.6 Å². The number of aryl methyl sites for hydroxylation is 1. The van der Waals surface area contributed by atoms with Gasteiger partial charge in [-0.15, -0.1) is 0 Å². The first-order valence-electron chi connectivity index (χ1n) is 8.44. The zero-order chi connectivity index (χ0) is 18.4. The summed E-state index contributed by atoms with van der Waals surface area (Å²) in [4.78, 5) is 12.1. The van der Waals surface area contributed by atoms with Gasteiger partial charge >= 0.3 is 6.03 Å². The molecule has 0 fully saturated rings. The number of furan rings is 1. The van der Waals surface area contributed by atoms with Gasteiger partial charge in [0, 0.05) is 24.4 Å². The highest BCUT2D eigenvalue weighted by Gasteiger charge is 2.09. The fraction of sp³-hybridized carbons (Fsp3) is 0.250. The Bertz CT molecular complexity index is 855. The van der Waals surface area contributed by atoms with Gasteiger partial charge in [-0.05, 0) is 30.7 Å². The van der Waals surface area contributed by atoms with Crippen LogP contribution in [0.5, 0.6) is 11.5 Å². The third-order valence-electron chi connectivity index (χ3n) is 4.02. The van der Waals surface area contributed by atoms with E-state index >= 15 is 0 Å². The number of urea groups is 1. The predicted molar refractivity (Wildman–Crippen MR) is 101 cm³/mol. The average Bonchev–Trinajstić information content (AvgIpc) is 3.08. The molecule has 0 spiro atoms. The maximum atomic E-state index is 12.1. The molecule has 136 valence electrons. The molecular formula is C20H22N2O4. The number of carbonyl (C=O) groups is 1. The minimum absolute atomic E-state index is 0.280. The number of rotatable bonds is 7. The SMILES string of the molecule is COc1ccc(NC(=O)NCCCc2cc3ccccc3o2)c(OC)c1. The van der Waals surface area contributed by atoms with Crippen molar-refractivity contribution in [1.29, 1.82) is 0 Å². The Morgan fingerprint density at radius 2 is 1.92 bits per heavy atom. The lowest BCUT2D eigenvalue weighted by Crippen LogP contribution is -2.29. The fourth-order valence-electron chi connectivity index (χ4n) is 2.69. The molecule has 0 saturated heterocycles. The molecule has 0 aliphatic heterocycles. The Morgan fingerprint density at radius 3 is 2.69 bits per heavy atom. The van der Waals surface area contributed by atoms with Crippen molar-refractivity contribution in [2.24, 2.45) is 0 Å². The molecule has 0 radical (unpaired) electrons. The normalized spacial score (nSPS) is 10.5. The van der Waals surface area contributed by atoms with Crippen LogP contribution in [0, 0.1) is 0 Å². The summed E-state index contributed by atoms with van der Waals surface area (Å²) < 4.78 is 16.2. The van der Waals surface area contributed by atoms with Gasteiger partial charge in [0.15, 0.2) is 0 Å². The predicted octanol–water partition coefficient (Wildman–Crippen LogP) is 4.20. The molecule has 1 aromatic heterocycles. The summed E-state index contributed by atoms with van der Waals surface area (Å²) in [7, 11) is 3.13. The molecule has 2 aromatic carbocycles. The second-order valence-corrected chi connectivity index (χ2v) is 5.80. The summed E-state index contributed by atoms with van der Waals surface area (Å²) in [5, 5.41) is 6.71. The topological polar surface area (TPSA) is 72.7 Å². The number of carbonyl (C=O) groups excluding carboxylic acids is 1. The van der Waals surface area contributed by atoms with Crippen LogP contribution in [0.1, 0.15) is 12.2 Å². The largest absolute Gasteiger partial charge is 0.497 e. The summed E-state index contributed by atoms with van der Waals surface area (Å²) in [5.41, 5.74) is 1.47. The van der Waals surface area contributed by atoms with Gasteiger partial charge in [0.05, 0.1) is 19.9 Å². The molecule has 1 heterocycles. The van der Waals surface area contributed by atoms with E-state index in [4.69, 9.17) is 13.9 Å². The van der Waals surface area contributed by atoms with Crippen LogP contribution in [-0.2, 0) is 6.42 Å². The van der Waals surface area contributed by atoms with Gasteiger partial charge in [0.25, 0.3) is 0 Å². The van der Waals surface area contributed by atoms with E-state index in [1.54, 1.807) is 32.4 Å². The Labute approximate surface area is 152 Å². The minimum Gasteiger partial charge on any atom is -0.497 e. The van der Waals surface area contributed by atoms with Crippen LogP contribution in [0.25, 0.3) is 11.0 Å². The van der Waals surface area contributed by atoms with Crippen molar-refractivity contribution in [3.05, 3.63) is 54.3 Å². The summed E-state index contributed by atoms with van der Waals surface area (Å²) in [6.07, 6.45) is 1.55. The Balaban J connectivity index is 1.47. The molecule has 3 rings (SSSR count). The van der Waals surface area contributed by atoms with E-state index in [-0.39, 0.29) is 6.03 Å². The maximum absolute atomic E-state index is 12.1. The van der Waals surface area contributed by atoms with Gasteiger partial charge in [-0.1, -0.05) is 18.2 Å². The average molecular weight is 354 g/mol. The maximum Gasteiger partial charge on any atom is 0.319 e. The number of benzene rings is 2. The van der Waals surface area contributed by atoms with Gasteiger partial charge < -0.3 is 24.5 Å². The molecular weight excluding hydrogens is 332 g/mol. The van der Waals surface area contributed by atoms with Crippen molar-refractivity contribution in [3.8, 4) is 11.5 Å². The molecule has 6 heteroatoms. The highest BCUT2D eigenvalue weighted by molar-refractivity contribution is 5.91. The van der Waals surface area contributed by atoms with Gasteiger partial charge in [-0.3, -0.25) is 0 Å². The number of amides is 2. The molecule has 2 amide bonds. The van der Waals surface area contributed by atoms with E-state index in [0.29, 0.717) is 23.7 Å². The number of methoxy groups -OCH3 is 2. The smallest absolute Gasteiger partial charge is 0.319 e. The van der Waals surface area contributed by atoms with Crippen molar-refractivity contribution in [2.75, 3.05) is 26.1 Å². The summed E-state index contributed by atoms with van der Waals surface area (Å²) in [6, 6.07) is 14.9. The summed E-state index contributed by atoms with van der Waals surface area (Å²) in [6.45, 7) is 0.543. The van der Waals surface area contributed by atoms with E-state index in [1.165, 1.54) is 0 Å². The van der Waals surface area contributed by atoms with Gasteiger partial charge in [0.1, 0.15) is 22.8 Å². The monoisotopic (exact) mass is 354 g/mol. The van der Waals surface area contributed by atoms with Crippen molar-refractivity contribution < 1.29 is 18.7 Å². The number of nitrogens with one attached hydrogen (secondary N) is 2. The van der Waals surface area contributed by atoms with Gasteiger partial charge in [-0.25, -0.2) is 4.79 Å². The second-order valence-electron chi connectivity index (χ2n) is 5.80. The Hall–Kier alpha value is -3.15. The van der Waals surface area contributed by atoms with Crippen molar-refractivity contribution in [2.45, 2.75) is 12.8 Å². The van der Waals surface area contributed by atoms with Crippen molar-refractivity contribution >= 4 is 22.7 Å². The second kappa shape index (κ2) is 8.29. The minimum atomic E-state index is -0.280. The molecule has 2 N–H and O–H groups in total. The van der Waals surface area contributed by atoms with Crippen molar-refractivity contribution in [1.82, 2.24) is 5.32 Å². The number of para-hydroxylation sites is 1. The van der Waals surface area contributed by atoms with Crippen LogP contribution >= 0.6 is 0 Å². The quantitative estimate of drug-likeness (QED) is 0.624. The highest BCUT2D eigenvalue weighted by Crippen LogP contribution is 2.28. The summed E-state index contributed by atoms with van der Waals surface area (Å²) in [5.74, 6) is 2.13. The Kier molecular flexibility index (Phi) is 5.63. The molecule has 0 saturated carbocycles. The molecule has 0 unspecified atom stereocenters. The molecule has 0 aliphatic rings. The van der Waals surface area contributed by atoms with Gasteiger partial charge in [0.2, 0.25) is 0 Å². The van der Waals surface area contributed by atoms with E-state index in [2.05, 4.69) is 10.6 Å². The zero-order valence-electron chi connectivity index (χ0n) is 14.9. The molecule has 0 aliphatic carbocycles. The first-order chi connectivity index (χ1) is 12.7. The third-order valence-corrected chi connectivity index (χ3v) is 4.02. The standard InChI is InChI=1S/C20H22N2O4/c1-24-15-9-10-17(19(13-15)25-2)22-20(23)21-11-5-7-16-12-14-6-3-4-8-18(14)26-16/h3-4,6,8-10,12-13H,5,7,11H2,1-2H3,(H2,21,22,23). The highest BCUT2D eigenvalue weighted by atomic mass is 16.5. The summed E-state index contributed by atoms with van der Waals surface area (Å²) >= 11 is 0. The van der Waals surface area contributed by atoms with E-state index in [9.17, 15) is 4.79 Å². The lowest BCUT2D eigenvalue weighted by Gasteiger charge is -2.12. The fourth-order valence-corrected chi connectivity index (χ4v) is 2.69. The molecule has 3 aromatic rings. The van der Waals surface area contributed by atoms with Crippen LogP contribution in [0.15, 0.2) is 52.9 Å².